The maximum atomic E-state index is 14.1. The molecule has 0 saturated heterocycles. The summed E-state index contributed by atoms with van der Waals surface area (Å²) >= 11 is 0. The number of alkyl carbamates (subject to hydrolysis) is 1. The molecule has 46 heavy (non-hydrogen) atoms. The molecule has 1 aromatic heterocycles. The van der Waals surface area contributed by atoms with Gasteiger partial charge in [-0.1, -0.05) is 55.0 Å². The molecular weight excluding hydrogens is 605 g/mol. The van der Waals surface area contributed by atoms with Crippen LogP contribution in [0.15, 0.2) is 60.8 Å². The minimum atomic E-state index is -4.54. The Balaban J connectivity index is 1.60. The van der Waals surface area contributed by atoms with Gasteiger partial charge in [0.25, 0.3) is 0 Å². The van der Waals surface area contributed by atoms with Gasteiger partial charge >= 0.3 is 18.2 Å². The highest BCUT2D eigenvalue weighted by molar-refractivity contribution is 5.91. The van der Waals surface area contributed by atoms with Crippen LogP contribution in [-0.2, 0) is 32.0 Å². The van der Waals surface area contributed by atoms with E-state index in [0.717, 1.165) is 16.5 Å². The number of aromatic amines is 1. The summed E-state index contributed by atoms with van der Waals surface area (Å²) in [5.41, 5.74) is 0.597. The quantitative estimate of drug-likeness (QED) is 0.160. The third-order valence-corrected chi connectivity index (χ3v) is 8.38. The van der Waals surface area contributed by atoms with E-state index in [1.54, 1.807) is 6.20 Å². The summed E-state index contributed by atoms with van der Waals surface area (Å²) in [6.07, 6.45) is -4.17. The summed E-state index contributed by atoms with van der Waals surface area (Å²) < 4.78 is 46.5. The Morgan fingerprint density at radius 2 is 1.76 bits per heavy atom. The maximum Gasteiger partial charge on any atom is 0.408 e. The Morgan fingerprint density at radius 1 is 1.07 bits per heavy atom. The first-order valence-electron chi connectivity index (χ1n) is 15.2. The minimum Gasteiger partial charge on any atom is -0.480 e. The average Bonchev–Trinajstić information content (AvgIpc) is 3.41. The minimum absolute atomic E-state index is 0.0333. The van der Waals surface area contributed by atoms with E-state index in [1.807, 2.05) is 54.6 Å². The van der Waals surface area contributed by atoms with Crippen molar-refractivity contribution in [3.8, 4) is 0 Å². The summed E-state index contributed by atoms with van der Waals surface area (Å²) in [5, 5.41) is 18.6. The van der Waals surface area contributed by atoms with Crippen molar-refractivity contribution in [2.24, 2.45) is 5.92 Å². The number of fused-ring (bicyclic) bond motifs is 1. The van der Waals surface area contributed by atoms with Crippen LogP contribution in [0.3, 0.4) is 0 Å². The molecule has 1 saturated carbocycles. The Labute approximate surface area is 264 Å². The van der Waals surface area contributed by atoms with Gasteiger partial charge in [-0.25, -0.2) is 4.79 Å². The monoisotopic (exact) mass is 644 g/mol. The summed E-state index contributed by atoms with van der Waals surface area (Å²) in [6.45, 7) is 1.43. The molecule has 5 unspecified atom stereocenters. The van der Waals surface area contributed by atoms with Gasteiger partial charge in [-0.3, -0.25) is 9.59 Å². The van der Waals surface area contributed by atoms with Gasteiger partial charge in [0.05, 0.1) is 5.92 Å². The first-order valence-corrected chi connectivity index (χ1v) is 15.2. The lowest BCUT2D eigenvalue weighted by Gasteiger charge is -2.35. The van der Waals surface area contributed by atoms with Crippen molar-refractivity contribution in [1.82, 2.24) is 20.9 Å². The topological polar surface area (TPSA) is 150 Å². The number of carboxylic acid groups (broad SMARTS) is 1. The third kappa shape index (κ3) is 9.09. The summed E-state index contributed by atoms with van der Waals surface area (Å²) in [5.74, 6) is -3.68. The Bertz CT molecular complexity index is 1500. The van der Waals surface area contributed by atoms with E-state index in [9.17, 15) is 37.5 Å². The van der Waals surface area contributed by atoms with Gasteiger partial charge in [0.1, 0.15) is 24.0 Å². The van der Waals surface area contributed by atoms with E-state index in [2.05, 4.69) is 20.9 Å². The lowest BCUT2D eigenvalue weighted by Crippen LogP contribution is -2.61. The number of carbonyl (C=O) groups is 4. The van der Waals surface area contributed by atoms with Crippen molar-refractivity contribution in [2.75, 3.05) is 6.54 Å². The van der Waals surface area contributed by atoms with Crippen molar-refractivity contribution in [1.29, 1.82) is 0 Å². The van der Waals surface area contributed by atoms with E-state index in [0.29, 0.717) is 24.7 Å². The molecule has 0 radical (unpaired) electrons. The zero-order valence-corrected chi connectivity index (χ0v) is 25.4. The predicted molar refractivity (Wildman–Crippen MR) is 164 cm³/mol. The molecule has 2 amide bonds. The number of carboxylic acids is 1. The van der Waals surface area contributed by atoms with E-state index < -0.39 is 53.8 Å². The van der Waals surface area contributed by atoms with Crippen molar-refractivity contribution < 1.29 is 42.2 Å². The maximum absolute atomic E-state index is 14.1. The number of ether oxygens (including phenoxy) is 1. The number of aldehydes is 1. The molecule has 0 spiro atoms. The molecule has 10 nitrogen and oxygen atoms in total. The Kier molecular flexibility index (Phi) is 11.4. The van der Waals surface area contributed by atoms with Crippen LogP contribution in [-0.4, -0.2) is 70.8 Å². The zero-order chi connectivity index (χ0) is 33.3. The van der Waals surface area contributed by atoms with E-state index in [-0.39, 0.29) is 38.6 Å². The first-order chi connectivity index (χ1) is 21.9. The molecule has 4 rings (SSSR count). The van der Waals surface area contributed by atoms with Gasteiger partial charge in [0, 0.05) is 42.5 Å². The van der Waals surface area contributed by atoms with Gasteiger partial charge in [-0.05, 0) is 49.8 Å². The Morgan fingerprint density at radius 3 is 2.46 bits per heavy atom. The van der Waals surface area contributed by atoms with Crippen LogP contribution in [0.2, 0.25) is 0 Å². The second kappa shape index (κ2) is 15.3. The van der Waals surface area contributed by atoms with Crippen LogP contribution >= 0.6 is 0 Å². The van der Waals surface area contributed by atoms with Gasteiger partial charge < -0.3 is 35.6 Å². The number of nitrogens with one attached hydrogen (secondary N) is 4. The number of aliphatic carboxylic acids is 1. The zero-order valence-electron chi connectivity index (χ0n) is 25.4. The summed E-state index contributed by atoms with van der Waals surface area (Å²) in [4.78, 5) is 53.2. The number of para-hydroxylation sites is 1. The second-order valence-corrected chi connectivity index (χ2v) is 11.9. The fourth-order valence-electron chi connectivity index (χ4n) is 5.91. The van der Waals surface area contributed by atoms with E-state index in [4.69, 9.17) is 4.74 Å². The Hall–Kier alpha value is -4.39. The summed E-state index contributed by atoms with van der Waals surface area (Å²) in [7, 11) is 0. The van der Waals surface area contributed by atoms with Crippen LogP contribution in [0.5, 0.6) is 0 Å². The molecule has 1 aliphatic carbocycles. The molecule has 5 N–H and O–H groups in total. The number of hydrogen-bond acceptors (Lipinski definition) is 6. The highest BCUT2D eigenvalue weighted by Crippen LogP contribution is 2.39. The second-order valence-electron chi connectivity index (χ2n) is 11.9. The molecule has 1 fully saturated rings. The van der Waals surface area contributed by atoms with E-state index in [1.165, 1.54) is 6.92 Å². The lowest BCUT2D eigenvalue weighted by atomic mass is 9.86. The molecule has 5 atom stereocenters. The number of amides is 2. The predicted octanol–water partition coefficient (Wildman–Crippen LogP) is 4.68. The van der Waals surface area contributed by atoms with E-state index >= 15 is 0 Å². The normalized spacial score (nSPS) is 19.4. The first kappa shape index (κ1) is 34.5. The smallest absolute Gasteiger partial charge is 0.408 e. The highest BCUT2D eigenvalue weighted by atomic mass is 19.4. The van der Waals surface area contributed by atoms with Crippen LogP contribution in [0, 0.1) is 5.92 Å². The number of aromatic nitrogens is 1. The fourth-order valence-corrected chi connectivity index (χ4v) is 5.91. The number of carbonyl (C=O) groups excluding carboxylic acids is 3. The fraction of sp³-hybridized carbons (Fsp3) is 0.455. The van der Waals surface area contributed by atoms with Crippen LogP contribution in [0.4, 0.5) is 18.0 Å². The van der Waals surface area contributed by atoms with Crippen LogP contribution in [0.25, 0.3) is 10.9 Å². The van der Waals surface area contributed by atoms with Crippen LogP contribution in [0.1, 0.15) is 50.2 Å². The molecule has 2 aromatic carbocycles. The van der Waals surface area contributed by atoms with Crippen LogP contribution < -0.4 is 16.0 Å². The number of rotatable bonds is 14. The highest BCUT2D eigenvalue weighted by Gasteiger charge is 2.48. The number of H-pyrrole nitrogens is 1. The molecule has 1 aliphatic rings. The molecular formula is C33H39F3N4O6. The summed E-state index contributed by atoms with van der Waals surface area (Å²) in [6, 6.07) is 14.6. The number of benzene rings is 2. The van der Waals surface area contributed by atoms with Crippen molar-refractivity contribution in [2.45, 2.75) is 81.8 Å². The van der Waals surface area contributed by atoms with Crippen molar-refractivity contribution in [3.05, 3.63) is 71.9 Å². The molecule has 13 heteroatoms. The standard InChI is InChI=1S/C33H39F3N4O6/c1-32(18-22-19-37-26-13-7-5-11-24(22)26,40-31(45)46-28-14-8-6-12-25(28)33(34,35)36)30(44)39-23(17-21-9-3-2-4-10-21)20-38-27(15-16-41)29(42)43/h2-5,7,9-11,13,16,19,23,25,27-28,37-38H,6,8,12,14-15,17-18,20H2,1H3,(H,39,44)(H,40,45)(H,42,43). The largest absolute Gasteiger partial charge is 0.480 e. The van der Waals surface area contributed by atoms with Gasteiger partial charge in [-0.2, -0.15) is 13.2 Å². The molecule has 0 bridgehead atoms. The van der Waals surface area contributed by atoms with Gasteiger partial charge in [-0.15, -0.1) is 0 Å². The molecule has 1 heterocycles. The van der Waals surface area contributed by atoms with Gasteiger partial charge in [0.2, 0.25) is 5.91 Å². The number of halogens is 3. The number of hydrogen-bond donors (Lipinski definition) is 5. The SMILES string of the molecule is CC(Cc1c[nH]c2ccccc12)(NC(=O)OC1CCCCC1C(F)(F)F)C(=O)NC(CNC(CC=O)C(=O)O)Cc1ccccc1. The third-order valence-electron chi connectivity index (χ3n) is 8.38. The molecule has 0 aliphatic heterocycles. The molecule has 248 valence electrons. The van der Waals surface area contributed by atoms with Crippen molar-refractivity contribution in [3.63, 3.8) is 0 Å². The number of alkyl halides is 3. The van der Waals surface area contributed by atoms with Gasteiger partial charge in [0.15, 0.2) is 0 Å². The lowest BCUT2D eigenvalue weighted by molar-refractivity contribution is -0.207. The average molecular weight is 645 g/mol. The van der Waals surface area contributed by atoms with Crippen molar-refractivity contribution >= 4 is 35.2 Å². The molecule has 3 aromatic rings.